The maximum atomic E-state index is 12.7. The first kappa shape index (κ1) is 19.4. The number of benzene rings is 1. The Kier molecular flexibility index (Phi) is 5.35. The summed E-state index contributed by atoms with van der Waals surface area (Å²) in [5.74, 6) is 0.840. The summed E-state index contributed by atoms with van der Waals surface area (Å²) in [6.45, 7) is 4.63. The van der Waals surface area contributed by atoms with E-state index >= 15 is 0 Å². The van der Waals surface area contributed by atoms with Crippen molar-refractivity contribution in [2.45, 2.75) is 32.1 Å². The molecule has 1 fully saturated rings. The lowest BCUT2D eigenvalue weighted by atomic mass is 9.97. The number of nitrogens with zero attached hydrogens (tertiary/aromatic N) is 1. The van der Waals surface area contributed by atoms with Gasteiger partial charge in [0.2, 0.25) is 0 Å². The summed E-state index contributed by atoms with van der Waals surface area (Å²) in [7, 11) is 1.71. The van der Waals surface area contributed by atoms with Gasteiger partial charge in [-0.05, 0) is 55.9 Å². The topological polar surface area (TPSA) is 66.6 Å². The van der Waals surface area contributed by atoms with Gasteiger partial charge in [0.25, 0.3) is 5.91 Å². The summed E-state index contributed by atoms with van der Waals surface area (Å²) in [5, 5.41) is 3.01. The highest BCUT2D eigenvalue weighted by molar-refractivity contribution is 6.35. The Morgan fingerprint density at radius 1 is 1.20 bits per heavy atom. The summed E-state index contributed by atoms with van der Waals surface area (Å²) in [6.07, 6.45) is 7.39. The van der Waals surface area contributed by atoms with Crippen molar-refractivity contribution in [3.8, 4) is 5.75 Å². The van der Waals surface area contributed by atoms with Gasteiger partial charge in [-0.3, -0.25) is 9.69 Å². The number of ether oxygens (including phenoxy) is 2. The van der Waals surface area contributed by atoms with Crippen molar-refractivity contribution in [3.63, 3.8) is 0 Å². The second-order valence-corrected chi connectivity index (χ2v) is 8.33. The van der Waals surface area contributed by atoms with Gasteiger partial charge in [-0.15, -0.1) is 0 Å². The number of hydrogen-bond acceptors (Lipinski definition) is 4. The Morgan fingerprint density at radius 3 is 2.87 bits per heavy atom. The maximum absolute atomic E-state index is 12.7. The van der Waals surface area contributed by atoms with Gasteiger partial charge < -0.3 is 19.8 Å². The molecule has 30 heavy (non-hydrogen) atoms. The number of H-pyrrole nitrogens is 1. The van der Waals surface area contributed by atoms with E-state index in [-0.39, 0.29) is 5.91 Å². The summed E-state index contributed by atoms with van der Waals surface area (Å²) in [5.41, 5.74) is 7.25. The van der Waals surface area contributed by atoms with Crippen molar-refractivity contribution in [1.29, 1.82) is 0 Å². The molecule has 1 aromatic heterocycles. The van der Waals surface area contributed by atoms with Gasteiger partial charge in [-0.2, -0.15) is 0 Å². The first-order valence-electron chi connectivity index (χ1n) is 11.0. The number of aromatic amines is 1. The van der Waals surface area contributed by atoms with Gasteiger partial charge in [0, 0.05) is 42.1 Å². The highest BCUT2D eigenvalue weighted by atomic mass is 16.5. The Bertz CT molecular complexity index is 986. The molecule has 3 aliphatic rings. The van der Waals surface area contributed by atoms with Crippen molar-refractivity contribution >= 4 is 23.2 Å². The van der Waals surface area contributed by atoms with Gasteiger partial charge in [0.15, 0.2) is 0 Å². The van der Waals surface area contributed by atoms with Gasteiger partial charge in [-0.25, -0.2) is 0 Å². The van der Waals surface area contributed by atoms with E-state index in [1.165, 1.54) is 29.7 Å². The minimum atomic E-state index is -0.0510. The van der Waals surface area contributed by atoms with E-state index in [2.05, 4.69) is 27.3 Å². The number of morpholine rings is 1. The number of hydrogen-bond donors (Lipinski definition) is 2. The fourth-order valence-electron chi connectivity index (χ4n) is 4.80. The normalized spacial score (nSPS) is 20.2. The number of nitrogens with one attached hydrogen (secondary N) is 2. The average molecular weight is 408 g/mol. The van der Waals surface area contributed by atoms with E-state index in [9.17, 15) is 4.79 Å². The van der Waals surface area contributed by atoms with Crippen LogP contribution >= 0.6 is 0 Å². The lowest BCUT2D eigenvalue weighted by Gasteiger charge is -2.26. The third kappa shape index (κ3) is 3.66. The Hall–Kier alpha value is -2.57. The smallest absolute Gasteiger partial charge is 0.256 e. The molecule has 0 atom stereocenters. The van der Waals surface area contributed by atoms with Crippen molar-refractivity contribution in [1.82, 2.24) is 9.88 Å². The molecule has 1 amide bonds. The molecule has 1 saturated heterocycles. The first-order valence-corrected chi connectivity index (χ1v) is 11.0. The largest absolute Gasteiger partial charge is 0.494 e. The molecule has 0 radical (unpaired) electrons. The van der Waals surface area contributed by atoms with Crippen LogP contribution in [0.2, 0.25) is 0 Å². The lowest BCUT2D eigenvalue weighted by Crippen LogP contribution is -2.37. The van der Waals surface area contributed by atoms with Crippen LogP contribution in [0.3, 0.4) is 0 Å². The van der Waals surface area contributed by atoms with Gasteiger partial charge in [0.1, 0.15) is 5.75 Å². The molecule has 0 saturated carbocycles. The number of aromatic nitrogens is 1. The zero-order chi connectivity index (χ0) is 20.5. The van der Waals surface area contributed by atoms with Crippen LogP contribution in [-0.2, 0) is 28.8 Å². The SMILES string of the molecule is COc1c(C=C2C(=O)Nc3ccc(CCN4CCOCC4)cc32)[nH]c2c1CCCC2. The fourth-order valence-corrected chi connectivity index (χ4v) is 4.80. The van der Waals surface area contributed by atoms with Crippen LogP contribution in [0.4, 0.5) is 5.69 Å². The number of aryl methyl sites for hydroxylation is 1. The number of methoxy groups -OCH3 is 1. The van der Waals surface area contributed by atoms with Crippen molar-refractivity contribution in [2.24, 2.45) is 0 Å². The molecule has 0 unspecified atom stereocenters. The number of fused-ring (bicyclic) bond motifs is 2. The predicted molar refractivity (Wildman–Crippen MR) is 118 cm³/mol. The average Bonchev–Trinajstić information content (AvgIpc) is 3.29. The number of rotatable bonds is 5. The van der Waals surface area contributed by atoms with E-state index in [1.807, 2.05) is 12.1 Å². The molecule has 2 N–H and O–H groups in total. The summed E-state index contributed by atoms with van der Waals surface area (Å²) in [6, 6.07) is 6.31. The molecule has 158 valence electrons. The second kappa shape index (κ2) is 8.28. The molecule has 1 aliphatic carbocycles. The van der Waals surface area contributed by atoms with Crippen molar-refractivity contribution < 1.29 is 14.3 Å². The Labute approximate surface area is 177 Å². The van der Waals surface area contributed by atoms with Crippen molar-refractivity contribution in [2.75, 3.05) is 45.3 Å². The van der Waals surface area contributed by atoms with Crippen LogP contribution < -0.4 is 10.1 Å². The zero-order valence-electron chi connectivity index (χ0n) is 17.6. The number of carbonyl (C=O) groups excluding carboxylic acids is 1. The molecule has 6 nitrogen and oxygen atoms in total. The zero-order valence-corrected chi connectivity index (χ0v) is 17.6. The van der Waals surface area contributed by atoms with Crippen LogP contribution in [-0.4, -0.2) is 55.7 Å². The lowest BCUT2D eigenvalue weighted by molar-refractivity contribution is -0.110. The van der Waals surface area contributed by atoms with Crippen LogP contribution in [0.15, 0.2) is 18.2 Å². The highest BCUT2D eigenvalue weighted by Crippen LogP contribution is 2.38. The van der Waals surface area contributed by atoms with Gasteiger partial charge in [-0.1, -0.05) is 6.07 Å². The fraction of sp³-hybridized carbons (Fsp3) is 0.458. The molecule has 2 aromatic rings. The summed E-state index contributed by atoms with van der Waals surface area (Å²) in [4.78, 5) is 18.7. The van der Waals surface area contributed by atoms with Crippen LogP contribution in [0.5, 0.6) is 5.75 Å². The standard InChI is InChI=1S/C24H29N3O3/c1-29-23-17-4-2-3-5-20(17)25-22(23)15-19-18-14-16(6-7-21(18)26-24(19)28)8-9-27-10-12-30-13-11-27/h6-7,14-15,25H,2-5,8-13H2,1H3,(H,26,28). The molecular weight excluding hydrogens is 378 g/mol. The summed E-state index contributed by atoms with van der Waals surface area (Å²) < 4.78 is 11.2. The molecule has 1 aromatic carbocycles. The number of carbonyl (C=O) groups is 1. The molecule has 5 rings (SSSR count). The summed E-state index contributed by atoms with van der Waals surface area (Å²) >= 11 is 0. The Morgan fingerprint density at radius 2 is 2.03 bits per heavy atom. The van der Waals surface area contributed by atoms with E-state index in [1.54, 1.807) is 7.11 Å². The van der Waals surface area contributed by atoms with E-state index in [4.69, 9.17) is 9.47 Å². The highest BCUT2D eigenvalue weighted by Gasteiger charge is 2.27. The number of anilines is 1. The quantitative estimate of drug-likeness (QED) is 0.747. The molecule has 6 heteroatoms. The van der Waals surface area contributed by atoms with Crippen LogP contribution in [0.25, 0.3) is 11.6 Å². The second-order valence-electron chi connectivity index (χ2n) is 8.33. The molecule has 0 spiro atoms. The Balaban J connectivity index is 1.42. The first-order chi connectivity index (χ1) is 14.7. The van der Waals surface area contributed by atoms with Gasteiger partial charge >= 0.3 is 0 Å². The minimum Gasteiger partial charge on any atom is -0.494 e. The van der Waals surface area contributed by atoms with Gasteiger partial charge in [0.05, 0.1) is 31.6 Å². The third-order valence-corrected chi connectivity index (χ3v) is 6.45. The predicted octanol–water partition coefficient (Wildman–Crippen LogP) is 3.27. The molecule has 3 heterocycles. The maximum Gasteiger partial charge on any atom is 0.256 e. The number of amides is 1. The van der Waals surface area contributed by atoms with E-state index in [0.717, 1.165) is 74.8 Å². The van der Waals surface area contributed by atoms with Crippen molar-refractivity contribution in [3.05, 3.63) is 46.3 Å². The van der Waals surface area contributed by atoms with E-state index < -0.39 is 0 Å². The molecular formula is C24H29N3O3. The molecule has 0 bridgehead atoms. The van der Waals surface area contributed by atoms with Crippen LogP contribution in [0, 0.1) is 0 Å². The third-order valence-electron chi connectivity index (χ3n) is 6.45. The van der Waals surface area contributed by atoms with Crippen LogP contribution in [0.1, 0.15) is 40.9 Å². The molecule has 2 aliphatic heterocycles. The van der Waals surface area contributed by atoms with E-state index in [0.29, 0.717) is 5.57 Å². The monoisotopic (exact) mass is 407 g/mol. The minimum absolute atomic E-state index is 0.0510.